The van der Waals surface area contributed by atoms with Crippen LogP contribution in [0.2, 0.25) is 0 Å². The van der Waals surface area contributed by atoms with Crippen molar-refractivity contribution >= 4 is 29.2 Å². The maximum Gasteiger partial charge on any atom is 0.242 e. The summed E-state index contributed by atoms with van der Waals surface area (Å²) in [5.74, 6) is -0.886. The highest BCUT2D eigenvalue weighted by Gasteiger charge is 2.33. The van der Waals surface area contributed by atoms with Crippen molar-refractivity contribution in [3.63, 3.8) is 0 Å². The Kier molecular flexibility index (Phi) is 6.04. The number of nitrogens with two attached hydrogens (primary N) is 1. The minimum absolute atomic E-state index is 0.0367. The van der Waals surface area contributed by atoms with E-state index in [0.29, 0.717) is 11.5 Å². The van der Waals surface area contributed by atoms with Gasteiger partial charge in [0.2, 0.25) is 17.7 Å². The number of nitrogen functional groups attached to an aromatic ring is 1. The Morgan fingerprint density at radius 3 is 2.75 bits per heavy atom. The van der Waals surface area contributed by atoms with Gasteiger partial charge in [0.05, 0.1) is 19.1 Å². The summed E-state index contributed by atoms with van der Waals surface area (Å²) < 4.78 is 13.2. The summed E-state index contributed by atoms with van der Waals surface area (Å²) in [6.07, 6.45) is 1.45. The fourth-order valence-electron chi connectivity index (χ4n) is 4.01. The maximum absolute atomic E-state index is 13.2. The van der Waals surface area contributed by atoms with Crippen LogP contribution in [-0.2, 0) is 20.8 Å². The van der Waals surface area contributed by atoms with Crippen molar-refractivity contribution in [1.29, 1.82) is 0 Å². The fourth-order valence-corrected chi connectivity index (χ4v) is 4.01. The molecule has 9 nitrogen and oxygen atoms in total. The number of hydrogen-bond donors (Lipinski definition) is 4. The molecule has 3 amide bonds. The van der Waals surface area contributed by atoms with Gasteiger partial charge in [-0.2, -0.15) is 0 Å². The average molecular weight is 440 g/mol. The lowest BCUT2D eigenvalue weighted by Gasteiger charge is -2.33. The minimum Gasteiger partial charge on any atom is -0.384 e. The standard InChI is InChI=1S/C22H25FN6O3/c1-12(21(31)28-17-8-7-16-15(17)6-9-19(24)27-16)26-22(32)18-11-29(20(30)10-25-18)14-4-2-13(23)3-5-14/h2-6,9,12,17-18,25H,7-8,10-11H2,1H3,(H2,24,27)(H,26,32)(H,28,31)/t12?,17-,18?/m1/s1. The first-order chi connectivity index (χ1) is 15.3. The molecule has 1 fully saturated rings. The number of anilines is 2. The number of carbonyl (C=O) groups is 3. The number of benzene rings is 1. The number of nitrogens with zero attached hydrogens (tertiary/aromatic N) is 2. The number of aryl methyl sites for hydroxylation is 1. The zero-order valence-corrected chi connectivity index (χ0v) is 17.6. The molecule has 2 heterocycles. The number of rotatable bonds is 5. The average Bonchev–Trinajstić information content (AvgIpc) is 3.16. The molecule has 2 unspecified atom stereocenters. The van der Waals surface area contributed by atoms with Crippen LogP contribution in [0.4, 0.5) is 15.9 Å². The first-order valence-electron chi connectivity index (χ1n) is 10.5. The topological polar surface area (TPSA) is 129 Å². The number of hydrogen-bond acceptors (Lipinski definition) is 6. The largest absolute Gasteiger partial charge is 0.384 e. The summed E-state index contributed by atoms with van der Waals surface area (Å²) in [6.45, 7) is 1.65. The molecule has 10 heteroatoms. The van der Waals surface area contributed by atoms with E-state index in [4.69, 9.17) is 5.73 Å². The first kappa shape index (κ1) is 21.7. The zero-order valence-electron chi connectivity index (χ0n) is 17.6. The number of amides is 3. The SMILES string of the molecule is CC(NC(=O)C1CN(c2ccc(F)cc2)C(=O)CN1)C(=O)N[C@@H]1CCc2nc(N)ccc21. The van der Waals surface area contributed by atoms with Crippen molar-refractivity contribution in [3.05, 3.63) is 53.5 Å². The fraction of sp³-hybridized carbons (Fsp3) is 0.364. The lowest BCUT2D eigenvalue weighted by atomic mass is 10.1. The third kappa shape index (κ3) is 4.54. The third-order valence-corrected chi connectivity index (χ3v) is 5.77. The van der Waals surface area contributed by atoms with E-state index in [2.05, 4.69) is 20.9 Å². The molecule has 2 aliphatic rings. The van der Waals surface area contributed by atoms with Crippen LogP contribution in [0.1, 0.15) is 30.6 Å². The normalized spacial score (nSPS) is 21.1. The second-order valence-corrected chi connectivity index (χ2v) is 8.02. The van der Waals surface area contributed by atoms with Gasteiger partial charge in [0, 0.05) is 11.4 Å². The molecule has 168 valence electrons. The number of halogens is 1. The molecule has 3 atom stereocenters. The Morgan fingerprint density at radius 1 is 1.25 bits per heavy atom. The number of pyridine rings is 1. The van der Waals surface area contributed by atoms with Crippen LogP contribution in [0.3, 0.4) is 0 Å². The summed E-state index contributed by atoms with van der Waals surface area (Å²) in [5, 5.41) is 8.55. The first-order valence-corrected chi connectivity index (χ1v) is 10.5. The Balaban J connectivity index is 1.34. The summed E-state index contributed by atoms with van der Waals surface area (Å²) in [6, 6.07) is 7.43. The van der Waals surface area contributed by atoms with E-state index in [1.54, 1.807) is 13.0 Å². The highest BCUT2D eigenvalue weighted by molar-refractivity contribution is 5.98. The predicted octanol–water partition coefficient (Wildman–Crippen LogP) is 0.416. The van der Waals surface area contributed by atoms with Gasteiger partial charge in [-0.1, -0.05) is 6.07 Å². The van der Waals surface area contributed by atoms with Crippen LogP contribution >= 0.6 is 0 Å². The van der Waals surface area contributed by atoms with Crippen LogP contribution in [0.5, 0.6) is 0 Å². The van der Waals surface area contributed by atoms with Crippen molar-refractivity contribution in [2.75, 3.05) is 23.7 Å². The molecule has 5 N–H and O–H groups in total. The summed E-state index contributed by atoms with van der Waals surface area (Å²) in [7, 11) is 0. The Hall–Kier alpha value is -3.53. The molecule has 1 aliphatic heterocycles. The second kappa shape index (κ2) is 8.91. The van der Waals surface area contributed by atoms with Gasteiger partial charge in [0.15, 0.2) is 0 Å². The minimum atomic E-state index is -0.771. The van der Waals surface area contributed by atoms with Gasteiger partial charge in [0.1, 0.15) is 23.7 Å². The highest BCUT2D eigenvalue weighted by Crippen LogP contribution is 2.30. The van der Waals surface area contributed by atoms with E-state index >= 15 is 0 Å². The van der Waals surface area contributed by atoms with E-state index in [0.717, 1.165) is 24.1 Å². The van der Waals surface area contributed by atoms with Crippen LogP contribution in [-0.4, -0.2) is 47.9 Å². The number of piperazine rings is 1. The summed E-state index contributed by atoms with van der Waals surface area (Å²) >= 11 is 0. The molecule has 0 radical (unpaired) electrons. The molecule has 0 saturated carbocycles. The van der Waals surface area contributed by atoms with E-state index in [-0.39, 0.29) is 30.9 Å². The summed E-state index contributed by atoms with van der Waals surface area (Å²) in [5.41, 5.74) is 8.05. The zero-order chi connectivity index (χ0) is 22.8. The smallest absolute Gasteiger partial charge is 0.242 e. The van der Waals surface area contributed by atoms with Crippen molar-refractivity contribution in [1.82, 2.24) is 20.9 Å². The van der Waals surface area contributed by atoms with Crippen LogP contribution in [0.15, 0.2) is 36.4 Å². The molecular formula is C22H25FN6O3. The summed E-state index contributed by atoms with van der Waals surface area (Å²) in [4.78, 5) is 43.4. The van der Waals surface area contributed by atoms with E-state index in [1.165, 1.54) is 29.2 Å². The Morgan fingerprint density at radius 2 is 2.00 bits per heavy atom. The van der Waals surface area contributed by atoms with Crippen LogP contribution in [0.25, 0.3) is 0 Å². The molecule has 2 aromatic rings. The van der Waals surface area contributed by atoms with Gasteiger partial charge < -0.3 is 21.3 Å². The van der Waals surface area contributed by atoms with Gasteiger partial charge in [-0.15, -0.1) is 0 Å². The van der Waals surface area contributed by atoms with Gasteiger partial charge in [-0.3, -0.25) is 19.7 Å². The number of nitrogens with one attached hydrogen (secondary N) is 3. The van der Waals surface area contributed by atoms with Gasteiger partial charge in [-0.05, 0) is 55.7 Å². The monoisotopic (exact) mass is 440 g/mol. The molecular weight excluding hydrogens is 415 g/mol. The maximum atomic E-state index is 13.2. The molecule has 0 bridgehead atoms. The molecule has 32 heavy (non-hydrogen) atoms. The van der Waals surface area contributed by atoms with Crippen molar-refractivity contribution in [2.45, 2.75) is 37.9 Å². The van der Waals surface area contributed by atoms with Gasteiger partial charge >= 0.3 is 0 Å². The second-order valence-electron chi connectivity index (χ2n) is 8.02. The van der Waals surface area contributed by atoms with Gasteiger partial charge in [-0.25, -0.2) is 9.37 Å². The molecule has 0 spiro atoms. The predicted molar refractivity (Wildman–Crippen MR) is 116 cm³/mol. The number of fused-ring (bicyclic) bond motifs is 1. The number of aromatic nitrogens is 1. The number of carbonyl (C=O) groups excluding carboxylic acids is 3. The van der Waals surface area contributed by atoms with Crippen LogP contribution in [0, 0.1) is 5.82 Å². The highest BCUT2D eigenvalue weighted by atomic mass is 19.1. The van der Waals surface area contributed by atoms with E-state index in [1.807, 2.05) is 6.07 Å². The molecule has 4 rings (SSSR count). The molecule has 1 aromatic heterocycles. The Bertz CT molecular complexity index is 1040. The van der Waals surface area contributed by atoms with Crippen molar-refractivity contribution < 1.29 is 18.8 Å². The third-order valence-electron chi connectivity index (χ3n) is 5.77. The lowest BCUT2D eigenvalue weighted by molar-refractivity contribution is -0.130. The van der Waals surface area contributed by atoms with E-state index in [9.17, 15) is 18.8 Å². The van der Waals surface area contributed by atoms with Gasteiger partial charge in [0.25, 0.3) is 0 Å². The quantitative estimate of drug-likeness (QED) is 0.533. The lowest BCUT2D eigenvalue weighted by Crippen LogP contribution is -2.61. The van der Waals surface area contributed by atoms with Crippen molar-refractivity contribution in [2.24, 2.45) is 0 Å². The molecule has 1 saturated heterocycles. The molecule has 1 aliphatic carbocycles. The Labute approximate surface area is 184 Å². The van der Waals surface area contributed by atoms with E-state index < -0.39 is 23.8 Å². The van der Waals surface area contributed by atoms with Crippen LogP contribution < -0.4 is 26.6 Å². The molecule has 1 aromatic carbocycles. The van der Waals surface area contributed by atoms with Crippen molar-refractivity contribution in [3.8, 4) is 0 Å².